The molecule has 1 fully saturated rings. The highest BCUT2D eigenvalue weighted by Crippen LogP contribution is 2.31. The predicted octanol–water partition coefficient (Wildman–Crippen LogP) is 2.10. The molecule has 0 spiro atoms. The Balaban J connectivity index is 0.00000176. The number of hydrogen-bond acceptors (Lipinski definition) is 3. The summed E-state index contributed by atoms with van der Waals surface area (Å²) < 4.78 is 13.8. The van der Waals surface area contributed by atoms with Gasteiger partial charge in [0.05, 0.1) is 17.5 Å². The zero-order chi connectivity index (χ0) is 14.8. The van der Waals surface area contributed by atoms with Gasteiger partial charge in [0.25, 0.3) is 5.91 Å². The summed E-state index contributed by atoms with van der Waals surface area (Å²) in [6.07, 6.45) is 3.66. The molecule has 22 heavy (non-hydrogen) atoms. The Hall–Kier alpha value is -1.92. The van der Waals surface area contributed by atoms with E-state index in [4.69, 9.17) is 5.73 Å². The average molecular weight is 325 g/mol. The van der Waals surface area contributed by atoms with E-state index in [1.165, 1.54) is 12.3 Å². The smallest absolute Gasteiger partial charge is 0.255 e. The minimum atomic E-state index is -0.398. The maximum Gasteiger partial charge on any atom is 0.255 e. The van der Waals surface area contributed by atoms with Crippen molar-refractivity contribution in [1.29, 1.82) is 0 Å². The van der Waals surface area contributed by atoms with Crippen molar-refractivity contribution in [3.63, 3.8) is 0 Å². The molecule has 1 saturated carbocycles. The Morgan fingerprint density at radius 3 is 2.86 bits per heavy atom. The van der Waals surface area contributed by atoms with Crippen LogP contribution in [-0.4, -0.2) is 28.7 Å². The van der Waals surface area contributed by atoms with Crippen molar-refractivity contribution in [2.24, 2.45) is 11.7 Å². The van der Waals surface area contributed by atoms with E-state index in [1.54, 1.807) is 18.2 Å². The third-order valence-electron chi connectivity index (χ3n) is 3.75. The van der Waals surface area contributed by atoms with Gasteiger partial charge >= 0.3 is 0 Å². The van der Waals surface area contributed by atoms with Crippen LogP contribution in [-0.2, 0) is 0 Å². The lowest BCUT2D eigenvalue weighted by Crippen LogP contribution is -2.38. The molecule has 1 aromatic heterocycles. The van der Waals surface area contributed by atoms with Gasteiger partial charge < -0.3 is 11.1 Å². The van der Waals surface area contributed by atoms with Crippen molar-refractivity contribution >= 4 is 18.3 Å². The van der Waals surface area contributed by atoms with Crippen LogP contribution in [0.5, 0.6) is 0 Å². The maximum absolute atomic E-state index is 13.8. The fraction of sp³-hybridized carbons (Fsp3) is 0.333. The molecule has 1 heterocycles. The summed E-state index contributed by atoms with van der Waals surface area (Å²) in [5.74, 6) is -0.177. The molecule has 5 nitrogen and oxygen atoms in total. The molecule has 0 bridgehead atoms. The normalized spacial score (nSPS) is 15.0. The number of nitrogens with one attached hydrogen (secondary N) is 2. The highest BCUT2D eigenvalue weighted by Gasteiger charge is 2.29. The largest absolute Gasteiger partial charge is 0.350 e. The van der Waals surface area contributed by atoms with Crippen LogP contribution in [0.15, 0.2) is 30.5 Å². The third-order valence-corrected chi connectivity index (χ3v) is 3.75. The van der Waals surface area contributed by atoms with Crippen molar-refractivity contribution in [3.8, 4) is 11.3 Å². The summed E-state index contributed by atoms with van der Waals surface area (Å²) in [5, 5.41) is 9.33. The van der Waals surface area contributed by atoms with E-state index in [0.29, 0.717) is 29.3 Å². The fourth-order valence-electron chi connectivity index (χ4n) is 2.32. The van der Waals surface area contributed by atoms with E-state index < -0.39 is 5.82 Å². The van der Waals surface area contributed by atoms with E-state index in [-0.39, 0.29) is 24.4 Å². The molecule has 7 heteroatoms. The molecular weight excluding hydrogens is 307 g/mol. The molecule has 0 radical (unpaired) electrons. The molecule has 3 rings (SSSR count). The lowest BCUT2D eigenvalue weighted by molar-refractivity contribution is 0.0951. The Kier molecular flexibility index (Phi) is 5.15. The van der Waals surface area contributed by atoms with E-state index in [1.807, 2.05) is 0 Å². The van der Waals surface area contributed by atoms with Crippen molar-refractivity contribution < 1.29 is 9.18 Å². The van der Waals surface area contributed by atoms with Crippen LogP contribution < -0.4 is 11.1 Å². The van der Waals surface area contributed by atoms with Crippen LogP contribution in [0, 0.1) is 11.7 Å². The third kappa shape index (κ3) is 3.45. The summed E-state index contributed by atoms with van der Waals surface area (Å²) in [4.78, 5) is 12.2. The number of benzene rings is 1. The number of carbonyl (C=O) groups is 1. The predicted molar refractivity (Wildman–Crippen MR) is 84.3 cm³/mol. The number of H-pyrrole nitrogens is 1. The topological polar surface area (TPSA) is 83.8 Å². The number of nitrogens with two attached hydrogens (primary N) is 1. The molecule has 1 atom stereocenters. The maximum atomic E-state index is 13.8. The summed E-state index contributed by atoms with van der Waals surface area (Å²) >= 11 is 0. The average Bonchev–Trinajstić information content (AvgIpc) is 3.23. The van der Waals surface area contributed by atoms with Gasteiger partial charge in [-0.3, -0.25) is 9.89 Å². The Morgan fingerprint density at radius 1 is 1.45 bits per heavy atom. The van der Waals surface area contributed by atoms with Gasteiger partial charge in [-0.05, 0) is 30.9 Å². The van der Waals surface area contributed by atoms with Crippen LogP contribution in [0.1, 0.15) is 23.2 Å². The SMILES string of the molecule is Cl.NC(CNC(=O)c1cn[nH]c1-c1ccccc1F)C1CC1. The Labute approximate surface area is 133 Å². The van der Waals surface area contributed by atoms with Crippen molar-refractivity contribution in [2.75, 3.05) is 6.54 Å². The Bertz CT molecular complexity index is 656. The number of halogens is 2. The number of carbonyl (C=O) groups excluding carboxylic acids is 1. The van der Waals surface area contributed by atoms with E-state index in [0.717, 1.165) is 12.8 Å². The minimum Gasteiger partial charge on any atom is -0.350 e. The van der Waals surface area contributed by atoms with Crippen LogP contribution in [0.3, 0.4) is 0 Å². The van der Waals surface area contributed by atoms with Gasteiger partial charge in [0, 0.05) is 18.2 Å². The highest BCUT2D eigenvalue weighted by atomic mass is 35.5. The molecular formula is C15H18ClFN4O. The van der Waals surface area contributed by atoms with Gasteiger partial charge in [-0.15, -0.1) is 12.4 Å². The first-order valence-corrected chi connectivity index (χ1v) is 6.99. The molecule has 2 aromatic rings. The molecule has 1 aromatic carbocycles. The monoisotopic (exact) mass is 324 g/mol. The zero-order valence-corrected chi connectivity index (χ0v) is 12.7. The number of aromatic amines is 1. The molecule has 1 aliphatic carbocycles. The lowest BCUT2D eigenvalue weighted by atomic mass is 10.1. The second kappa shape index (κ2) is 6.89. The summed E-state index contributed by atoms with van der Waals surface area (Å²) in [6.45, 7) is 0.422. The molecule has 1 unspecified atom stereocenters. The van der Waals surface area contributed by atoms with Gasteiger partial charge in [0.15, 0.2) is 0 Å². The van der Waals surface area contributed by atoms with Gasteiger partial charge in [0.1, 0.15) is 5.82 Å². The standard InChI is InChI=1S/C15H17FN4O.ClH/c16-12-4-2-1-3-10(12)14-11(7-19-20-14)15(21)18-8-13(17)9-5-6-9;/h1-4,7,9,13H,5-6,8,17H2,(H,18,21)(H,19,20);1H. The van der Waals surface area contributed by atoms with Gasteiger partial charge in [-0.2, -0.15) is 5.10 Å². The first kappa shape index (κ1) is 16.5. The zero-order valence-electron chi connectivity index (χ0n) is 11.9. The molecule has 4 N–H and O–H groups in total. The highest BCUT2D eigenvalue weighted by molar-refractivity contribution is 5.99. The van der Waals surface area contributed by atoms with Crippen molar-refractivity contribution in [3.05, 3.63) is 41.8 Å². The number of aromatic nitrogens is 2. The van der Waals surface area contributed by atoms with Crippen LogP contribution >= 0.6 is 12.4 Å². The van der Waals surface area contributed by atoms with E-state index in [2.05, 4.69) is 15.5 Å². The van der Waals surface area contributed by atoms with Gasteiger partial charge in [-0.1, -0.05) is 12.1 Å². The van der Waals surface area contributed by atoms with E-state index in [9.17, 15) is 9.18 Å². The first-order valence-electron chi connectivity index (χ1n) is 6.99. The van der Waals surface area contributed by atoms with Crippen LogP contribution in [0.2, 0.25) is 0 Å². The lowest BCUT2D eigenvalue weighted by Gasteiger charge is -2.11. The first-order chi connectivity index (χ1) is 10.2. The summed E-state index contributed by atoms with van der Waals surface area (Å²) in [7, 11) is 0. The van der Waals surface area contributed by atoms with Crippen molar-refractivity contribution in [1.82, 2.24) is 15.5 Å². The Morgan fingerprint density at radius 2 is 2.18 bits per heavy atom. The number of nitrogens with zero attached hydrogens (tertiary/aromatic N) is 1. The van der Waals surface area contributed by atoms with Gasteiger partial charge in [-0.25, -0.2) is 4.39 Å². The number of amides is 1. The second-order valence-electron chi connectivity index (χ2n) is 5.35. The summed E-state index contributed by atoms with van der Waals surface area (Å²) in [6, 6.07) is 6.25. The van der Waals surface area contributed by atoms with Gasteiger partial charge in [0.2, 0.25) is 0 Å². The number of rotatable bonds is 5. The quantitative estimate of drug-likeness (QED) is 0.787. The van der Waals surface area contributed by atoms with Crippen molar-refractivity contribution in [2.45, 2.75) is 18.9 Å². The molecule has 0 aliphatic heterocycles. The second-order valence-corrected chi connectivity index (χ2v) is 5.35. The van der Waals surface area contributed by atoms with E-state index >= 15 is 0 Å². The molecule has 1 amide bonds. The fourth-order valence-corrected chi connectivity index (χ4v) is 2.32. The number of hydrogen-bond donors (Lipinski definition) is 3. The molecule has 1 aliphatic rings. The molecule has 0 saturated heterocycles. The van der Waals surface area contributed by atoms with Crippen LogP contribution in [0.4, 0.5) is 4.39 Å². The summed E-state index contributed by atoms with van der Waals surface area (Å²) in [5.41, 5.74) is 6.98. The van der Waals surface area contributed by atoms with Crippen LogP contribution in [0.25, 0.3) is 11.3 Å². The minimum absolute atomic E-state index is 0. The molecule has 118 valence electrons.